The van der Waals surface area contributed by atoms with Crippen LogP contribution >= 0.6 is 0 Å². The topological polar surface area (TPSA) is 55.1 Å². The molecule has 1 fully saturated rings. The van der Waals surface area contributed by atoms with Gasteiger partial charge in [0.05, 0.1) is 0 Å². The molecule has 3 N–H and O–H groups in total. The molecule has 1 aromatic rings. The SMILES string of the molecule is CC1CCCC(NC(=O)c2ccc(CN)cc2)C1C. The van der Waals surface area contributed by atoms with Gasteiger partial charge in [-0.1, -0.05) is 38.8 Å². The van der Waals surface area contributed by atoms with E-state index < -0.39 is 0 Å². The van der Waals surface area contributed by atoms with Crippen LogP contribution in [0.2, 0.25) is 0 Å². The lowest BCUT2D eigenvalue weighted by molar-refractivity contribution is 0.0891. The Hall–Kier alpha value is -1.35. The lowest BCUT2D eigenvalue weighted by Gasteiger charge is -2.34. The third-order valence-electron chi connectivity index (χ3n) is 4.48. The zero-order valence-electron chi connectivity index (χ0n) is 11.9. The summed E-state index contributed by atoms with van der Waals surface area (Å²) in [6.45, 7) is 5.03. The number of nitrogens with two attached hydrogens (primary N) is 1. The molecule has 19 heavy (non-hydrogen) atoms. The van der Waals surface area contributed by atoms with E-state index in [1.165, 1.54) is 12.8 Å². The Morgan fingerprint density at radius 2 is 1.95 bits per heavy atom. The molecule has 0 heterocycles. The second-order valence-corrected chi connectivity index (χ2v) is 5.75. The maximum atomic E-state index is 12.2. The van der Waals surface area contributed by atoms with Gasteiger partial charge >= 0.3 is 0 Å². The van der Waals surface area contributed by atoms with E-state index in [4.69, 9.17) is 5.73 Å². The van der Waals surface area contributed by atoms with Gasteiger partial charge in [0.15, 0.2) is 0 Å². The Balaban J connectivity index is 1.99. The summed E-state index contributed by atoms with van der Waals surface area (Å²) in [6.07, 6.45) is 3.58. The van der Waals surface area contributed by atoms with Gasteiger partial charge in [-0.3, -0.25) is 4.79 Å². The first kappa shape index (κ1) is 14.1. The average Bonchev–Trinajstić information content (AvgIpc) is 2.44. The van der Waals surface area contributed by atoms with E-state index >= 15 is 0 Å². The predicted octanol–water partition coefficient (Wildman–Crippen LogP) is 2.70. The fraction of sp³-hybridized carbons (Fsp3) is 0.562. The molecular weight excluding hydrogens is 236 g/mol. The fourth-order valence-electron chi connectivity index (χ4n) is 2.83. The molecule has 2 rings (SSSR count). The Bertz CT molecular complexity index is 427. The summed E-state index contributed by atoms with van der Waals surface area (Å²) < 4.78 is 0. The van der Waals surface area contributed by atoms with Gasteiger partial charge in [0.1, 0.15) is 0 Å². The molecule has 3 heteroatoms. The monoisotopic (exact) mass is 260 g/mol. The van der Waals surface area contributed by atoms with E-state index in [9.17, 15) is 4.79 Å². The summed E-state index contributed by atoms with van der Waals surface area (Å²) in [5.41, 5.74) is 7.34. The van der Waals surface area contributed by atoms with Crippen molar-refractivity contribution in [3.63, 3.8) is 0 Å². The zero-order chi connectivity index (χ0) is 13.8. The van der Waals surface area contributed by atoms with Gasteiger partial charge in [-0.2, -0.15) is 0 Å². The predicted molar refractivity (Wildman–Crippen MR) is 77.8 cm³/mol. The van der Waals surface area contributed by atoms with Gasteiger partial charge < -0.3 is 11.1 Å². The van der Waals surface area contributed by atoms with Crippen molar-refractivity contribution in [1.29, 1.82) is 0 Å². The van der Waals surface area contributed by atoms with Crippen LogP contribution in [0.5, 0.6) is 0 Å². The van der Waals surface area contributed by atoms with Crippen LogP contribution in [0.15, 0.2) is 24.3 Å². The second kappa shape index (κ2) is 6.20. The van der Waals surface area contributed by atoms with E-state index in [2.05, 4.69) is 19.2 Å². The van der Waals surface area contributed by atoms with Crippen molar-refractivity contribution in [2.45, 2.75) is 45.7 Å². The molecule has 0 bridgehead atoms. The number of hydrogen-bond acceptors (Lipinski definition) is 2. The van der Waals surface area contributed by atoms with Crippen molar-refractivity contribution in [1.82, 2.24) is 5.32 Å². The summed E-state index contributed by atoms with van der Waals surface area (Å²) in [6, 6.07) is 7.86. The summed E-state index contributed by atoms with van der Waals surface area (Å²) in [4.78, 5) is 12.2. The zero-order valence-corrected chi connectivity index (χ0v) is 11.9. The molecule has 3 nitrogen and oxygen atoms in total. The van der Waals surface area contributed by atoms with Crippen molar-refractivity contribution in [3.05, 3.63) is 35.4 Å². The quantitative estimate of drug-likeness (QED) is 0.878. The number of carbonyl (C=O) groups is 1. The van der Waals surface area contributed by atoms with Crippen LogP contribution in [-0.2, 0) is 6.54 Å². The molecule has 3 unspecified atom stereocenters. The van der Waals surface area contributed by atoms with Gasteiger partial charge in [-0.15, -0.1) is 0 Å². The lowest BCUT2D eigenvalue weighted by Crippen LogP contribution is -2.43. The maximum Gasteiger partial charge on any atom is 0.251 e. The second-order valence-electron chi connectivity index (χ2n) is 5.75. The standard InChI is InChI=1S/C16H24N2O/c1-11-4-3-5-15(12(11)2)18-16(19)14-8-6-13(10-17)7-9-14/h6-9,11-12,15H,3-5,10,17H2,1-2H3,(H,18,19). The number of benzene rings is 1. The molecule has 0 aromatic heterocycles. The van der Waals surface area contributed by atoms with Crippen molar-refractivity contribution >= 4 is 5.91 Å². The van der Waals surface area contributed by atoms with Gasteiger partial charge in [0, 0.05) is 18.2 Å². The number of amides is 1. The molecule has 0 radical (unpaired) electrons. The lowest BCUT2D eigenvalue weighted by atomic mass is 9.78. The van der Waals surface area contributed by atoms with Crippen LogP contribution in [0.1, 0.15) is 49.0 Å². The molecular formula is C16H24N2O. The molecule has 1 aliphatic rings. The smallest absolute Gasteiger partial charge is 0.251 e. The first-order valence-electron chi connectivity index (χ1n) is 7.21. The Morgan fingerprint density at radius 1 is 1.26 bits per heavy atom. The highest BCUT2D eigenvalue weighted by atomic mass is 16.1. The highest BCUT2D eigenvalue weighted by molar-refractivity contribution is 5.94. The number of carbonyl (C=O) groups excluding carboxylic acids is 1. The van der Waals surface area contributed by atoms with Crippen molar-refractivity contribution < 1.29 is 4.79 Å². The van der Waals surface area contributed by atoms with Crippen molar-refractivity contribution in [2.24, 2.45) is 17.6 Å². The third-order valence-corrected chi connectivity index (χ3v) is 4.48. The molecule has 1 amide bonds. The normalized spacial score (nSPS) is 27.0. The minimum Gasteiger partial charge on any atom is -0.349 e. The van der Waals surface area contributed by atoms with Crippen LogP contribution in [0.3, 0.4) is 0 Å². The first-order valence-corrected chi connectivity index (χ1v) is 7.21. The molecule has 1 saturated carbocycles. The molecule has 3 atom stereocenters. The van der Waals surface area contributed by atoms with Crippen LogP contribution in [0, 0.1) is 11.8 Å². The highest BCUT2D eigenvalue weighted by Crippen LogP contribution is 2.29. The molecule has 0 saturated heterocycles. The molecule has 1 aromatic carbocycles. The number of rotatable bonds is 3. The summed E-state index contributed by atoms with van der Waals surface area (Å²) >= 11 is 0. The van der Waals surface area contributed by atoms with Gasteiger partial charge in [-0.25, -0.2) is 0 Å². The van der Waals surface area contributed by atoms with Gasteiger partial charge in [0.25, 0.3) is 5.91 Å². The van der Waals surface area contributed by atoms with E-state index in [-0.39, 0.29) is 5.91 Å². The van der Waals surface area contributed by atoms with Crippen molar-refractivity contribution in [2.75, 3.05) is 0 Å². The van der Waals surface area contributed by atoms with Crippen LogP contribution in [-0.4, -0.2) is 11.9 Å². The van der Waals surface area contributed by atoms with E-state index in [1.54, 1.807) is 0 Å². The summed E-state index contributed by atoms with van der Waals surface area (Å²) in [7, 11) is 0. The first-order chi connectivity index (χ1) is 9.11. The van der Waals surface area contributed by atoms with E-state index in [0.29, 0.717) is 24.4 Å². The molecule has 0 spiro atoms. The third kappa shape index (κ3) is 3.35. The maximum absolute atomic E-state index is 12.2. The van der Waals surface area contributed by atoms with Crippen LogP contribution in [0.4, 0.5) is 0 Å². The fourth-order valence-corrected chi connectivity index (χ4v) is 2.83. The number of hydrogen-bond donors (Lipinski definition) is 2. The molecule has 1 aliphatic carbocycles. The molecule has 0 aliphatic heterocycles. The number of nitrogens with one attached hydrogen (secondary N) is 1. The van der Waals surface area contributed by atoms with Gasteiger partial charge in [-0.05, 0) is 36.0 Å². The Labute approximate surface area is 115 Å². The largest absolute Gasteiger partial charge is 0.349 e. The van der Waals surface area contributed by atoms with Crippen LogP contribution < -0.4 is 11.1 Å². The van der Waals surface area contributed by atoms with E-state index in [1.807, 2.05) is 24.3 Å². The minimum atomic E-state index is 0.0366. The van der Waals surface area contributed by atoms with Crippen LogP contribution in [0.25, 0.3) is 0 Å². The Morgan fingerprint density at radius 3 is 2.58 bits per heavy atom. The summed E-state index contributed by atoms with van der Waals surface area (Å²) in [5.74, 6) is 1.29. The average molecular weight is 260 g/mol. The molecule has 104 valence electrons. The Kier molecular flexibility index (Phi) is 4.59. The van der Waals surface area contributed by atoms with Crippen molar-refractivity contribution in [3.8, 4) is 0 Å². The highest BCUT2D eigenvalue weighted by Gasteiger charge is 2.28. The van der Waals surface area contributed by atoms with E-state index in [0.717, 1.165) is 17.5 Å². The minimum absolute atomic E-state index is 0.0366. The van der Waals surface area contributed by atoms with Gasteiger partial charge in [0.2, 0.25) is 0 Å². The summed E-state index contributed by atoms with van der Waals surface area (Å²) in [5, 5.41) is 3.18.